The Kier molecular flexibility index (Phi) is 4.21. The Balaban J connectivity index is 2.08. The van der Waals surface area contributed by atoms with E-state index in [0.29, 0.717) is 0 Å². The molecular formula is C16H19NS. The van der Waals surface area contributed by atoms with E-state index in [1.807, 2.05) is 11.3 Å². The lowest BCUT2D eigenvalue weighted by atomic mass is 10.2. The maximum atomic E-state index is 2.21. The number of anilines is 1. The summed E-state index contributed by atoms with van der Waals surface area (Å²) < 4.78 is 0. The summed E-state index contributed by atoms with van der Waals surface area (Å²) in [5, 5.41) is 0. The fourth-order valence-electron chi connectivity index (χ4n) is 1.74. The van der Waals surface area contributed by atoms with Crippen LogP contribution in [0.2, 0.25) is 0 Å². The van der Waals surface area contributed by atoms with Crippen molar-refractivity contribution in [2.75, 3.05) is 19.0 Å². The number of hydrogen-bond donors (Lipinski definition) is 0. The maximum Gasteiger partial charge on any atom is 0.0361 e. The molecule has 0 saturated heterocycles. The van der Waals surface area contributed by atoms with Crippen molar-refractivity contribution in [3.05, 3.63) is 51.7 Å². The van der Waals surface area contributed by atoms with Crippen molar-refractivity contribution in [1.29, 1.82) is 0 Å². The summed E-state index contributed by atoms with van der Waals surface area (Å²) in [6.07, 6.45) is 5.48. The summed E-state index contributed by atoms with van der Waals surface area (Å²) in [7, 11) is 4.12. The minimum Gasteiger partial charge on any atom is -0.378 e. The number of hydrogen-bond acceptors (Lipinski definition) is 2. The molecule has 0 aliphatic rings. The van der Waals surface area contributed by atoms with Gasteiger partial charge in [0.15, 0.2) is 0 Å². The van der Waals surface area contributed by atoms with Crippen LogP contribution in [-0.2, 0) is 6.42 Å². The molecule has 1 aromatic carbocycles. The zero-order chi connectivity index (χ0) is 13.0. The number of nitrogens with zero attached hydrogens (tertiary/aromatic N) is 1. The molecule has 1 heterocycles. The lowest BCUT2D eigenvalue weighted by Gasteiger charge is -2.11. The molecule has 0 N–H and O–H groups in total. The van der Waals surface area contributed by atoms with E-state index >= 15 is 0 Å². The molecule has 0 saturated carbocycles. The van der Waals surface area contributed by atoms with Gasteiger partial charge in [0.2, 0.25) is 0 Å². The van der Waals surface area contributed by atoms with Crippen molar-refractivity contribution >= 4 is 29.2 Å². The second-order valence-electron chi connectivity index (χ2n) is 4.48. The topological polar surface area (TPSA) is 3.24 Å². The van der Waals surface area contributed by atoms with E-state index < -0.39 is 0 Å². The van der Waals surface area contributed by atoms with Crippen LogP contribution in [0.1, 0.15) is 22.2 Å². The van der Waals surface area contributed by atoms with Crippen molar-refractivity contribution < 1.29 is 0 Å². The first-order valence-electron chi connectivity index (χ1n) is 6.23. The predicted octanol–water partition coefficient (Wildman–Crippen LogP) is 4.55. The van der Waals surface area contributed by atoms with Gasteiger partial charge in [-0.3, -0.25) is 0 Å². The van der Waals surface area contributed by atoms with E-state index in [0.717, 1.165) is 6.42 Å². The van der Waals surface area contributed by atoms with Gasteiger partial charge in [-0.2, -0.15) is 0 Å². The smallest absolute Gasteiger partial charge is 0.0361 e. The SMILES string of the molecule is CCc1ccc(/C=C/c2ccc(N(C)C)cc2)s1. The van der Waals surface area contributed by atoms with Crippen LogP contribution in [0, 0.1) is 0 Å². The molecule has 2 heteroatoms. The lowest BCUT2D eigenvalue weighted by Crippen LogP contribution is -2.07. The standard InChI is InChI=1S/C16H19NS/c1-4-15-11-12-16(18-15)10-7-13-5-8-14(9-6-13)17(2)3/h5-12H,4H2,1-3H3/b10-7+. The van der Waals surface area contributed by atoms with Crippen LogP contribution in [0.15, 0.2) is 36.4 Å². The Morgan fingerprint density at radius 2 is 1.72 bits per heavy atom. The van der Waals surface area contributed by atoms with E-state index in [2.05, 4.69) is 74.5 Å². The average Bonchev–Trinajstić information content (AvgIpc) is 2.85. The van der Waals surface area contributed by atoms with Gasteiger partial charge < -0.3 is 4.90 Å². The largest absolute Gasteiger partial charge is 0.378 e. The van der Waals surface area contributed by atoms with E-state index in [4.69, 9.17) is 0 Å². The molecule has 0 atom stereocenters. The fraction of sp³-hybridized carbons (Fsp3) is 0.250. The molecular weight excluding hydrogens is 238 g/mol. The predicted molar refractivity (Wildman–Crippen MR) is 83.4 cm³/mol. The van der Waals surface area contributed by atoms with Crippen molar-refractivity contribution in [1.82, 2.24) is 0 Å². The van der Waals surface area contributed by atoms with Crippen molar-refractivity contribution in [2.45, 2.75) is 13.3 Å². The van der Waals surface area contributed by atoms with Gasteiger partial charge in [-0.15, -0.1) is 11.3 Å². The van der Waals surface area contributed by atoms with E-state index in [1.54, 1.807) is 0 Å². The minimum atomic E-state index is 1.12. The van der Waals surface area contributed by atoms with Gasteiger partial charge in [0, 0.05) is 29.5 Å². The van der Waals surface area contributed by atoms with Crippen LogP contribution in [-0.4, -0.2) is 14.1 Å². The summed E-state index contributed by atoms with van der Waals surface area (Å²) in [6, 6.07) is 13.0. The highest BCUT2D eigenvalue weighted by Gasteiger charge is 1.96. The molecule has 1 aromatic heterocycles. The first-order valence-corrected chi connectivity index (χ1v) is 7.05. The van der Waals surface area contributed by atoms with Crippen LogP contribution in [0.25, 0.3) is 12.2 Å². The van der Waals surface area contributed by atoms with Gasteiger partial charge in [0.25, 0.3) is 0 Å². The Morgan fingerprint density at radius 1 is 1.00 bits per heavy atom. The number of aryl methyl sites for hydroxylation is 1. The zero-order valence-electron chi connectivity index (χ0n) is 11.2. The van der Waals surface area contributed by atoms with E-state index in [-0.39, 0.29) is 0 Å². The molecule has 2 rings (SSSR count). The van der Waals surface area contributed by atoms with Gasteiger partial charge >= 0.3 is 0 Å². The van der Waals surface area contributed by atoms with Crippen LogP contribution >= 0.6 is 11.3 Å². The summed E-state index contributed by atoms with van der Waals surface area (Å²) in [5.41, 5.74) is 2.48. The molecule has 0 fully saturated rings. The van der Waals surface area contributed by atoms with E-state index in [9.17, 15) is 0 Å². The number of benzene rings is 1. The molecule has 2 aromatic rings. The number of rotatable bonds is 4. The van der Waals surface area contributed by atoms with Crippen molar-refractivity contribution in [3.63, 3.8) is 0 Å². The zero-order valence-corrected chi connectivity index (χ0v) is 12.0. The summed E-state index contributed by atoms with van der Waals surface area (Å²) in [5.74, 6) is 0. The Bertz CT molecular complexity index is 520. The molecule has 0 aliphatic heterocycles. The van der Waals surface area contributed by atoms with Crippen LogP contribution in [0.4, 0.5) is 5.69 Å². The molecule has 1 nitrogen and oxygen atoms in total. The minimum absolute atomic E-state index is 1.12. The molecule has 0 unspecified atom stereocenters. The van der Waals surface area contributed by atoms with Crippen LogP contribution in [0.3, 0.4) is 0 Å². The second kappa shape index (κ2) is 5.87. The third-order valence-corrected chi connectivity index (χ3v) is 4.08. The van der Waals surface area contributed by atoms with Gasteiger partial charge in [-0.05, 0) is 42.3 Å². The van der Waals surface area contributed by atoms with Crippen molar-refractivity contribution in [2.24, 2.45) is 0 Å². The third-order valence-electron chi connectivity index (χ3n) is 2.88. The van der Waals surface area contributed by atoms with Gasteiger partial charge in [-0.1, -0.05) is 25.1 Å². The Hall–Kier alpha value is -1.54. The molecule has 0 amide bonds. The lowest BCUT2D eigenvalue weighted by molar-refractivity contribution is 1.13. The molecule has 94 valence electrons. The average molecular weight is 257 g/mol. The highest BCUT2D eigenvalue weighted by molar-refractivity contribution is 7.12. The van der Waals surface area contributed by atoms with Crippen molar-refractivity contribution in [3.8, 4) is 0 Å². The molecule has 0 aliphatic carbocycles. The highest BCUT2D eigenvalue weighted by Crippen LogP contribution is 2.20. The van der Waals surface area contributed by atoms with Crippen LogP contribution in [0.5, 0.6) is 0 Å². The fourth-order valence-corrected chi connectivity index (χ4v) is 2.59. The quantitative estimate of drug-likeness (QED) is 0.777. The number of thiophene rings is 1. The highest BCUT2D eigenvalue weighted by atomic mass is 32.1. The van der Waals surface area contributed by atoms with Crippen LogP contribution < -0.4 is 4.90 Å². The normalized spacial score (nSPS) is 11.1. The molecule has 0 spiro atoms. The summed E-state index contributed by atoms with van der Waals surface area (Å²) in [4.78, 5) is 4.88. The van der Waals surface area contributed by atoms with Gasteiger partial charge in [-0.25, -0.2) is 0 Å². The monoisotopic (exact) mass is 257 g/mol. The first-order chi connectivity index (χ1) is 8.69. The first kappa shape index (κ1) is 12.9. The van der Waals surface area contributed by atoms with Gasteiger partial charge in [0.05, 0.1) is 0 Å². The molecule has 0 radical (unpaired) electrons. The Morgan fingerprint density at radius 3 is 2.28 bits per heavy atom. The maximum absolute atomic E-state index is 2.21. The Labute approximate surface area is 113 Å². The summed E-state index contributed by atoms with van der Waals surface area (Å²) >= 11 is 1.87. The van der Waals surface area contributed by atoms with E-state index in [1.165, 1.54) is 21.0 Å². The molecule has 0 bridgehead atoms. The second-order valence-corrected chi connectivity index (χ2v) is 5.68. The third kappa shape index (κ3) is 3.23. The van der Waals surface area contributed by atoms with Gasteiger partial charge in [0.1, 0.15) is 0 Å². The molecule has 18 heavy (non-hydrogen) atoms. The summed E-state index contributed by atoms with van der Waals surface area (Å²) in [6.45, 7) is 2.19.